The molecule has 0 atom stereocenters. The minimum atomic E-state index is -0.0869. The summed E-state index contributed by atoms with van der Waals surface area (Å²) >= 11 is 12.1. The number of aromatic nitrogens is 1. The summed E-state index contributed by atoms with van der Waals surface area (Å²) in [6.07, 6.45) is 0. The molecule has 0 saturated carbocycles. The zero-order valence-electron chi connectivity index (χ0n) is 18.3. The molecule has 0 unspecified atom stereocenters. The molecular weight excluding hydrogens is 463 g/mol. The fraction of sp³-hybridized carbons (Fsp3) is 0.0345. The predicted molar refractivity (Wildman–Crippen MR) is 142 cm³/mol. The summed E-state index contributed by atoms with van der Waals surface area (Å²) < 4.78 is 0. The van der Waals surface area contributed by atoms with E-state index in [1.165, 1.54) is 0 Å². The molecule has 3 nitrogen and oxygen atoms in total. The number of nitrogens with one attached hydrogen (secondary N) is 1. The van der Waals surface area contributed by atoms with E-state index in [0.717, 1.165) is 27.6 Å². The number of para-hydroxylation sites is 2. The van der Waals surface area contributed by atoms with Gasteiger partial charge < -0.3 is 5.32 Å². The first kappa shape index (κ1) is 22.1. The van der Waals surface area contributed by atoms with Crippen LogP contribution >= 0.6 is 23.2 Å². The molecule has 5 aromatic rings. The second kappa shape index (κ2) is 9.30. The molecule has 5 rings (SSSR count). The molecule has 1 heterocycles. The van der Waals surface area contributed by atoms with E-state index in [2.05, 4.69) is 11.4 Å². The molecule has 0 aliphatic carbocycles. The van der Waals surface area contributed by atoms with Gasteiger partial charge in [0.1, 0.15) is 5.82 Å². The average Bonchev–Trinajstić information content (AvgIpc) is 2.86. The number of fused-ring (bicyclic) bond motifs is 1. The van der Waals surface area contributed by atoms with Gasteiger partial charge in [-0.2, -0.15) is 0 Å². The summed E-state index contributed by atoms with van der Waals surface area (Å²) in [5, 5.41) is 5.77. The van der Waals surface area contributed by atoms with E-state index in [4.69, 9.17) is 28.2 Å². The summed E-state index contributed by atoms with van der Waals surface area (Å²) in [4.78, 5) is 18.2. The van der Waals surface area contributed by atoms with Gasteiger partial charge in [0.15, 0.2) is 5.78 Å². The lowest BCUT2D eigenvalue weighted by molar-refractivity contribution is 0.103. The monoisotopic (exact) mass is 482 g/mol. The highest BCUT2D eigenvalue weighted by Crippen LogP contribution is 2.36. The van der Waals surface area contributed by atoms with Crippen LogP contribution in [0.15, 0.2) is 97.1 Å². The zero-order chi connectivity index (χ0) is 23.7. The standard InChI is InChI=1S/C29H20Cl2N2O/c1-18-27(19-10-14-21(30)15-11-19)23-6-2-4-8-25(23)32-29(18)33-26-9-5-3-7-24(26)28(34)20-12-16-22(31)17-13-20/h2-17H,1H3,(H,32,33). The molecule has 0 saturated heterocycles. The molecule has 0 amide bonds. The Morgan fingerprint density at radius 2 is 1.38 bits per heavy atom. The SMILES string of the molecule is Cc1c(Nc2ccccc2C(=O)c2ccc(Cl)cc2)nc2ccccc2c1-c1ccc(Cl)cc1. The van der Waals surface area contributed by atoms with Gasteiger partial charge in [0.05, 0.1) is 11.2 Å². The molecule has 166 valence electrons. The lowest BCUT2D eigenvalue weighted by Gasteiger charge is -2.17. The summed E-state index contributed by atoms with van der Waals surface area (Å²) in [7, 11) is 0. The molecule has 0 radical (unpaired) electrons. The van der Waals surface area contributed by atoms with Crippen LogP contribution in [0.25, 0.3) is 22.0 Å². The molecule has 0 aliphatic heterocycles. The third kappa shape index (κ3) is 4.28. The van der Waals surface area contributed by atoms with Crippen molar-refractivity contribution in [2.45, 2.75) is 6.92 Å². The number of halogens is 2. The molecule has 0 fully saturated rings. The highest BCUT2D eigenvalue weighted by molar-refractivity contribution is 6.31. The van der Waals surface area contributed by atoms with Crippen molar-refractivity contribution in [1.82, 2.24) is 4.98 Å². The molecule has 1 aromatic heterocycles. The number of ketones is 1. The Kier molecular flexibility index (Phi) is 6.06. The van der Waals surface area contributed by atoms with E-state index < -0.39 is 0 Å². The smallest absolute Gasteiger partial charge is 0.195 e. The van der Waals surface area contributed by atoms with Gasteiger partial charge in [-0.1, -0.05) is 65.7 Å². The zero-order valence-corrected chi connectivity index (χ0v) is 19.9. The van der Waals surface area contributed by atoms with Gasteiger partial charge in [-0.25, -0.2) is 4.98 Å². The van der Waals surface area contributed by atoms with E-state index in [1.807, 2.05) is 73.7 Å². The quantitative estimate of drug-likeness (QED) is 0.255. The third-order valence-electron chi connectivity index (χ3n) is 5.80. The van der Waals surface area contributed by atoms with E-state index in [-0.39, 0.29) is 5.78 Å². The number of rotatable bonds is 5. The lowest BCUT2D eigenvalue weighted by atomic mass is 9.96. The van der Waals surface area contributed by atoms with Crippen molar-refractivity contribution in [1.29, 1.82) is 0 Å². The molecule has 4 aromatic carbocycles. The summed E-state index contributed by atoms with van der Waals surface area (Å²) in [5.74, 6) is 0.608. The van der Waals surface area contributed by atoms with Crippen molar-refractivity contribution in [3.05, 3.63) is 124 Å². The minimum Gasteiger partial charge on any atom is -0.339 e. The van der Waals surface area contributed by atoms with Crippen LogP contribution in [0.1, 0.15) is 21.5 Å². The van der Waals surface area contributed by atoms with Crippen molar-refractivity contribution in [3.63, 3.8) is 0 Å². The molecule has 5 heteroatoms. The van der Waals surface area contributed by atoms with Gasteiger partial charge in [0.2, 0.25) is 0 Å². The summed E-state index contributed by atoms with van der Waals surface area (Å²) in [6, 6.07) is 30.2. The van der Waals surface area contributed by atoms with Crippen LogP contribution in [0, 0.1) is 6.92 Å². The van der Waals surface area contributed by atoms with Crippen molar-refractivity contribution < 1.29 is 4.79 Å². The van der Waals surface area contributed by atoms with Gasteiger partial charge in [-0.3, -0.25) is 4.79 Å². The normalized spacial score (nSPS) is 10.9. The number of hydrogen-bond donors (Lipinski definition) is 1. The second-order valence-electron chi connectivity index (χ2n) is 7.99. The Morgan fingerprint density at radius 3 is 2.12 bits per heavy atom. The van der Waals surface area contributed by atoms with Crippen molar-refractivity contribution in [2.75, 3.05) is 5.32 Å². The van der Waals surface area contributed by atoms with Gasteiger partial charge in [0.25, 0.3) is 0 Å². The maximum absolute atomic E-state index is 13.3. The first-order valence-corrected chi connectivity index (χ1v) is 11.6. The van der Waals surface area contributed by atoms with Crippen molar-refractivity contribution in [3.8, 4) is 11.1 Å². The third-order valence-corrected chi connectivity index (χ3v) is 6.30. The Bertz CT molecular complexity index is 1510. The van der Waals surface area contributed by atoms with Crippen molar-refractivity contribution >= 4 is 51.4 Å². The Balaban J connectivity index is 1.62. The first-order chi connectivity index (χ1) is 16.5. The molecule has 0 spiro atoms. The molecule has 1 N–H and O–H groups in total. The number of carbonyl (C=O) groups excluding carboxylic acids is 1. The van der Waals surface area contributed by atoms with Crippen LogP contribution in [0.4, 0.5) is 11.5 Å². The van der Waals surface area contributed by atoms with E-state index in [1.54, 1.807) is 24.3 Å². The molecule has 0 aliphatic rings. The van der Waals surface area contributed by atoms with E-state index >= 15 is 0 Å². The fourth-order valence-electron chi connectivity index (χ4n) is 4.09. The van der Waals surface area contributed by atoms with Crippen LogP contribution in [0.2, 0.25) is 10.0 Å². The van der Waals surface area contributed by atoms with Crippen LogP contribution in [-0.2, 0) is 0 Å². The maximum Gasteiger partial charge on any atom is 0.195 e. The Labute approximate surface area is 208 Å². The van der Waals surface area contributed by atoms with Gasteiger partial charge >= 0.3 is 0 Å². The van der Waals surface area contributed by atoms with Crippen molar-refractivity contribution in [2.24, 2.45) is 0 Å². The molecule has 0 bridgehead atoms. The lowest BCUT2D eigenvalue weighted by Crippen LogP contribution is -2.07. The number of hydrogen-bond acceptors (Lipinski definition) is 3. The summed E-state index contributed by atoms with van der Waals surface area (Å²) in [5.41, 5.74) is 5.79. The first-order valence-electron chi connectivity index (χ1n) is 10.8. The van der Waals surface area contributed by atoms with Gasteiger partial charge in [-0.15, -0.1) is 0 Å². The number of pyridine rings is 1. The molecular formula is C29H20Cl2N2O. The van der Waals surface area contributed by atoms with Crippen LogP contribution < -0.4 is 5.32 Å². The van der Waals surface area contributed by atoms with Crippen LogP contribution in [-0.4, -0.2) is 10.8 Å². The maximum atomic E-state index is 13.3. The average molecular weight is 483 g/mol. The minimum absolute atomic E-state index is 0.0869. The fourth-order valence-corrected chi connectivity index (χ4v) is 4.34. The van der Waals surface area contributed by atoms with Gasteiger partial charge in [0, 0.05) is 32.1 Å². The Morgan fingerprint density at radius 1 is 0.765 bits per heavy atom. The van der Waals surface area contributed by atoms with Gasteiger partial charge in [-0.05, 0) is 72.6 Å². The highest BCUT2D eigenvalue weighted by atomic mass is 35.5. The molecule has 34 heavy (non-hydrogen) atoms. The van der Waals surface area contributed by atoms with Crippen LogP contribution in [0.5, 0.6) is 0 Å². The van der Waals surface area contributed by atoms with E-state index in [0.29, 0.717) is 32.7 Å². The topological polar surface area (TPSA) is 42.0 Å². The summed E-state index contributed by atoms with van der Waals surface area (Å²) in [6.45, 7) is 2.04. The predicted octanol–water partition coefficient (Wildman–Crippen LogP) is 8.49. The Hall–Kier alpha value is -3.66. The second-order valence-corrected chi connectivity index (χ2v) is 8.86. The largest absolute Gasteiger partial charge is 0.339 e. The number of carbonyl (C=O) groups is 1. The van der Waals surface area contributed by atoms with E-state index in [9.17, 15) is 4.79 Å². The number of benzene rings is 4. The number of nitrogens with zero attached hydrogens (tertiary/aromatic N) is 1. The number of anilines is 2. The highest BCUT2D eigenvalue weighted by Gasteiger charge is 2.17. The van der Waals surface area contributed by atoms with Crippen LogP contribution in [0.3, 0.4) is 0 Å².